The normalized spacial score (nSPS) is 13.9. The van der Waals surface area contributed by atoms with Crippen molar-refractivity contribution >= 4 is 39.5 Å². The van der Waals surface area contributed by atoms with Crippen LogP contribution in [0.5, 0.6) is 0 Å². The maximum atomic E-state index is 13.8. The van der Waals surface area contributed by atoms with Gasteiger partial charge >= 0.3 is 5.97 Å². The molecule has 1 fully saturated rings. The minimum Gasteiger partial charge on any atom is -0.459 e. The Kier molecular flexibility index (Phi) is 5.74. The first kappa shape index (κ1) is 22.4. The molecule has 0 unspecified atom stereocenters. The highest BCUT2D eigenvalue weighted by Gasteiger charge is 2.29. The Hall–Kier alpha value is -4.03. The molecule has 0 amide bonds. The third kappa shape index (κ3) is 3.93. The predicted octanol–water partition coefficient (Wildman–Crippen LogP) is 6.56. The highest BCUT2D eigenvalue weighted by molar-refractivity contribution is 6.35. The number of nitrogens with zero attached hydrogens (tertiary/aromatic N) is 2. The molecular formula is C29H22ClN3O3. The fraction of sp³-hybridized carbons (Fsp3) is 0.172. The number of pyridine rings is 3. The number of aromatic amines is 1. The van der Waals surface area contributed by atoms with E-state index in [2.05, 4.69) is 9.97 Å². The molecule has 6 rings (SSSR count). The lowest BCUT2D eigenvalue weighted by atomic mass is 9.91. The van der Waals surface area contributed by atoms with Crippen LogP contribution in [0.3, 0.4) is 0 Å². The van der Waals surface area contributed by atoms with Crippen molar-refractivity contribution in [1.82, 2.24) is 15.0 Å². The highest BCUT2D eigenvalue weighted by atomic mass is 35.5. The highest BCUT2D eigenvalue weighted by Crippen LogP contribution is 2.40. The second kappa shape index (κ2) is 9.21. The Morgan fingerprint density at radius 3 is 2.61 bits per heavy atom. The molecule has 36 heavy (non-hydrogen) atoms. The average molecular weight is 496 g/mol. The number of rotatable bonds is 4. The smallest absolute Gasteiger partial charge is 0.340 e. The van der Waals surface area contributed by atoms with Crippen molar-refractivity contribution in [2.24, 2.45) is 0 Å². The van der Waals surface area contributed by atoms with Gasteiger partial charge in [0.2, 0.25) is 0 Å². The van der Waals surface area contributed by atoms with Gasteiger partial charge in [-0.05, 0) is 49.4 Å². The summed E-state index contributed by atoms with van der Waals surface area (Å²) in [6.07, 6.45) is 6.73. The van der Waals surface area contributed by atoms with Crippen LogP contribution in [-0.2, 0) is 4.74 Å². The van der Waals surface area contributed by atoms with Gasteiger partial charge in [0.1, 0.15) is 11.8 Å². The van der Waals surface area contributed by atoms with Gasteiger partial charge in [-0.3, -0.25) is 9.78 Å². The summed E-state index contributed by atoms with van der Waals surface area (Å²) in [5.41, 5.74) is 3.43. The first-order chi connectivity index (χ1) is 17.6. The fourth-order valence-corrected chi connectivity index (χ4v) is 5.28. The van der Waals surface area contributed by atoms with Crippen LogP contribution >= 0.6 is 11.6 Å². The van der Waals surface area contributed by atoms with Crippen LogP contribution in [-0.4, -0.2) is 27.0 Å². The van der Waals surface area contributed by atoms with Gasteiger partial charge in [0.25, 0.3) is 0 Å². The van der Waals surface area contributed by atoms with E-state index in [0.29, 0.717) is 33.0 Å². The van der Waals surface area contributed by atoms with Gasteiger partial charge < -0.3 is 9.72 Å². The first-order valence-corrected chi connectivity index (χ1v) is 12.3. The molecule has 0 spiro atoms. The zero-order chi connectivity index (χ0) is 24.6. The summed E-state index contributed by atoms with van der Waals surface area (Å²) in [6.45, 7) is 0. The van der Waals surface area contributed by atoms with Crippen LogP contribution in [0.15, 0.2) is 77.9 Å². The monoisotopic (exact) mass is 495 g/mol. The lowest BCUT2D eigenvalue weighted by molar-refractivity contribution is 0.0321. The first-order valence-electron chi connectivity index (χ1n) is 12.0. The van der Waals surface area contributed by atoms with Crippen molar-refractivity contribution in [3.05, 3.63) is 93.9 Å². The molecule has 0 saturated heterocycles. The number of esters is 1. The molecule has 5 aromatic rings. The van der Waals surface area contributed by atoms with E-state index >= 15 is 0 Å². The second-order valence-electron chi connectivity index (χ2n) is 8.99. The molecule has 3 aromatic heterocycles. The maximum absolute atomic E-state index is 13.8. The number of carbonyl (C=O) groups is 1. The van der Waals surface area contributed by atoms with E-state index in [9.17, 15) is 9.59 Å². The van der Waals surface area contributed by atoms with Gasteiger partial charge in [0.05, 0.1) is 27.2 Å². The molecule has 1 aliphatic carbocycles. The molecule has 7 heteroatoms. The quantitative estimate of drug-likeness (QED) is 0.285. The Balaban J connectivity index is 1.72. The molecule has 2 aromatic carbocycles. The largest absolute Gasteiger partial charge is 0.459 e. The van der Waals surface area contributed by atoms with Crippen molar-refractivity contribution < 1.29 is 9.53 Å². The molecule has 178 valence electrons. The Morgan fingerprint density at radius 1 is 1.00 bits per heavy atom. The number of nitrogens with one attached hydrogen (secondary N) is 1. The molecule has 1 N–H and O–H groups in total. The lowest BCUT2D eigenvalue weighted by Crippen LogP contribution is -2.19. The number of H-pyrrole nitrogens is 1. The Labute approximate surface area is 211 Å². The van der Waals surface area contributed by atoms with Gasteiger partial charge in [-0.25, -0.2) is 9.78 Å². The maximum Gasteiger partial charge on any atom is 0.340 e. The second-order valence-corrected chi connectivity index (χ2v) is 9.39. The van der Waals surface area contributed by atoms with Crippen LogP contribution in [0.2, 0.25) is 5.02 Å². The van der Waals surface area contributed by atoms with E-state index in [0.717, 1.165) is 36.6 Å². The summed E-state index contributed by atoms with van der Waals surface area (Å²) in [4.78, 5) is 39.3. The Bertz CT molecular complexity index is 1680. The minimum absolute atomic E-state index is 0.166. The summed E-state index contributed by atoms with van der Waals surface area (Å²) in [5, 5.41) is 1.47. The van der Waals surface area contributed by atoms with E-state index < -0.39 is 5.97 Å². The molecule has 1 aliphatic rings. The van der Waals surface area contributed by atoms with Gasteiger partial charge in [-0.15, -0.1) is 0 Å². The summed E-state index contributed by atoms with van der Waals surface area (Å²) in [5.74, 6) is -0.527. The standard InChI is InChI=1S/C29H22ClN3O3/c30-21-16-19(15-18-9-6-13-31-26(18)21)23-25(29(35)36-20-10-4-5-11-20)24-22(34)12-14-32-28(24)33-27(23)17-7-2-1-3-8-17/h1-3,6-9,12-16,20H,4-5,10-11H2,(H,32,33,34). The summed E-state index contributed by atoms with van der Waals surface area (Å²) in [6, 6.07) is 18.4. The van der Waals surface area contributed by atoms with Crippen LogP contribution in [0.25, 0.3) is 44.3 Å². The predicted molar refractivity (Wildman–Crippen MR) is 141 cm³/mol. The van der Waals surface area contributed by atoms with E-state index in [1.165, 1.54) is 12.3 Å². The minimum atomic E-state index is -0.527. The van der Waals surface area contributed by atoms with E-state index in [1.54, 1.807) is 12.3 Å². The van der Waals surface area contributed by atoms with Crippen LogP contribution in [0, 0.1) is 0 Å². The van der Waals surface area contributed by atoms with Crippen molar-refractivity contribution in [2.45, 2.75) is 31.8 Å². The fourth-order valence-electron chi connectivity index (χ4n) is 5.01. The molecule has 0 aliphatic heterocycles. The van der Waals surface area contributed by atoms with Crippen molar-refractivity contribution in [2.75, 3.05) is 0 Å². The molecule has 6 nitrogen and oxygen atoms in total. The van der Waals surface area contributed by atoms with Crippen LogP contribution in [0.1, 0.15) is 36.0 Å². The molecule has 1 saturated carbocycles. The molecule has 0 radical (unpaired) electrons. The lowest BCUT2D eigenvalue weighted by Gasteiger charge is -2.19. The van der Waals surface area contributed by atoms with E-state index in [1.807, 2.05) is 48.5 Å². The third-order valence-corrected chi connectivity index (χ3v) is 6.96. The van der Waals surface area contributed by atoms with Crippen molar-refractivity contribution in [1.29, 1.82) is 0 Å². The SMILES string of the molecule is O=C(OC1CCCC1)c1c(-c2cc(Cl)c3ncccc3c2)c(-c2ccccc2)nc2[nH]ccc(=O)c12. The summed E-state index contributed by atoms with van der Waals surface area (Å²) >= 11 is 6.66. The number of ether oxygens (including phenoxy) is 1. The number of halogens is 1. The van der Waals surface area contributed by atoms with Gasteiger partial charge in [0.15, 0.2) is 5.43 Å². The van der Waals surface area contributed by atoms with Crippen molar-refractivity contribution in [3.8, 4) is 22.4 Å². The summed E-state index contributed by atoms with van der Waals surface area (Å²) < 4.78 is 5.97. The van der Waals surface area contributed by atoms with E-state index in [-0.39, 0.29) is 22.5 Å². The number of hydrogen-bond donors (Lipinski definition) is 1. The molecular weight excluding hydrogens is 474 g/mol. The van der Waals surface area contributed by atoms with E-state index in [4.69, 9.17) is 21.3 Å². The topological polar surface area (TPSA) is 84.9 Å². The average Bonchev–Trinajstić information content (AvgIpc) is 3.41. The van der Waals surface area contributed by atoms with Crippen molar-refractivity contribution in [3.63, 3.8) is 0 Å². The summed E-state index contributed by atoms with van der Waals surface area (Å²) in [7, 11) is 0. The van der Waals surface area contributed by atoms with Gasteiger partial charge in [-0.1, -0.05) is 48.0 Å². The molecule has 0 atom stereocenters. The van der Waals surface area contributed by atoms with Crippen LogP contribution < -0.4 is 5.43 Å². The zero-order valence-electron chi connectivity index (χ0n) is 19.3. The number of fused-ring (bicyclic) bond motifs is 2. The molecule has 3 heterocycles. The van der Waals surface area contributed by atoms with Gasteiger partial charge in [0, 0.05) is 35.0 Å². The number of carbonyl (C=O) groups excluding carboxylic acids is 1. The number of hydrogen-bond acceptors (Lipinski definition) is 5. The Morgan fingerprint density at radius 2 is 1.81 bits per heavy atom. The van der Waals surface area contributed by atoms with Gasteiger partial charge in [-0.2, -0.15) is 0 Å². The van der Waals surface area contributed by atoms with Crippen LogP contribution in [0.4, 0.5) is 0 Å². The number of benzene rings is 2. The zero-order valence-corrected chi connectivity index (χ0v) is 20.1. The number of aromatic nitrogens is 3. The third-order valence-electron chi connectivity index (χ3n) is 6.67. The molecule has 0 bridgehead atoms.